The molecule has 2 atom stereocenters. The first-order valence-electron chi connectivity index (χ1n) is 8.33. The Kier molecular flexibility index (Phi) is 7.88. The van der Waals surface area contributed by atoms with Crippen LogP contribution >= 0.6 is 0 Å². The molecule has 0 spiro atoms. The third-order valence-corrected chi connectivity index (χ3v) is 11.5. The summed E-state index contributed by atoms with van der Waals surface area (Å²) in [6, 6.07) is 16.3. The van der Waals surface area contributed by atoms with Crippen molar-refractivity contribution >= 4 is 15.2 Å². The van der Waals surface area contributed by atoms with Crippen LogP contribution in [-0.4, -0.2) is 25.2 Å². The average molecular weight is 317 g/mol. The number of nitriles is 1. The van der Waals surface area contributed by atoms with Gasteiger partial charge in [-0.3, -0.25) is 0 Å². The van der Waals surface area contributed by atoms with E-state index in [1.54, 1.807) is 0 Å². The van der Waals surface area contributed by atoms with Gasteiger partial charge in [-0.05, 0) is 23.8 Å². The molecule has 5 heteroatoms. The Labute approximate surface area is 136 Å². The van der Waals surface area contributed by atoms with Crippen LogP contribution in [0.3, 0.4) is 0 Å². The van der Waals surface area contributed by atoms with Gasteiger partial charge in [-0.2, -0.15) is 5.26 Å². The summed E-state index contributed by atoms with van der Waals surface area (Å²) >= 11 is 0. The Bertz CT molecular complexity index is 463. The predicted octanol–water partition coefficient (Wildman–Crippen LogP) is 3.82. The van der Waals surface area contributed by atoms with Crippen LogP contribution in [0, 0.1) is 17.2 Å². The molecule has 0 saturated heterocycles. The third-order valence-electron chi connectivity index (χ3n) is 5.25. The zero-order valence-electron chi connectivity index (χ0n) is 14.0. The van der Waals surface area contributed by atoms with Crippen LogP contribution in [0.25, 0.3) is 0 Å². The van der Waals surface area contributed by atoms with E-state index in [0.717, 1.165) is 6.42 Å². The van der Waals surface area contributed by atoms with Crippen molar-refractivity contribution in [3.63, 3.8) is 0 Å². The Morgan fingerprint density at radius 2 is 1.64 bits per heavy atom. The fourth-order valence-electron chi connectivity index (χ4n) is 3.65. The maximum Gasteiger partial charge on any atom is 0.452 e. The van der Waals surface area contributed by atoms with E-state index in [1.165, 1.54) is 23.7 Å². The molecular weight excluding hydrogens is 289 g/mol. The first kappa shape index (κ1) is 19.0. The SMILES string of the molecule is CC[Si](CC)(CC)C(CC(C#N)CB(O)O)c1ccccc1. The summed E-state index contributed by atoms with van der Waals surface area (Å²) in [6.45, 7) is 6.83. The third kappa shape index (κ3) is 4.70. The molecule has 1 aromatic carbocycles. The molecule has 0 aliphatic rings. The van der Waals surface area contributed by atoms with Crippen molar-refractivity contribution in [3.8, 4) is 6.07 Å². The molecular formula is C17H28BNO2Si. The van der Waals surface area contributed by atoms with Gasteiger partial charge in [0.15, 0.2) is 0 Å². The van der Waals surface area contributed by atoms with Crippen molar-refractivity contribution in [1.82, 2.24) is 0 Å². The Hall–Kier alpha value is -1.09. The second kappa shape index (κ2) is 9.14. The van der Waals surface area contributed by atoms with Gasteiger partial charge < -0.3 is 10.0 Å². The van der Waals surface area contributed by atoms with E-state index in [1.807, 2.05) is 6.07 Å². The molecule has 2 N–H and O–H groups in total. The maximum absolute atomic E-state index is 9.40. The highest BCUT2D eigenvalue weighted by Crippen LogP contribution is 2.40. The Morgan fingerprint density at radius 1 is 1.09 bits per heavy atom. The molecule has 1 rings (SSSR count). The lowest BCUT2D eigenvalue weighted by molar-refractivity contribution is 0.392. The first-order chi connectivity index (χ1) is 10.5. The molecule has 0 aromatic heterocycles. The van der Waals surface area contributed by atoms with Crippen molar-refractivity contribution in [1.29, 1.82) is 5.26 Å². The van der Waals surface area contributed by atoms with E-state index < -0.39 is 15.2 Å². The van der Waals surface area contributed by atoms with Gasteiger partial charge in [-0.1, -0.05) is 69.2 Å². The van der Waals surface area contributed by atoms with Crippen molar-refractivity contribution < 1.29 is 10.0 Å². The Balaban J connectivity index is 3.14. The molecule has 0 amide bonds. The van der Waals surface area contributed by atoms with Crippen molar-refractivity contribution in [2.45, 2.75) is 57.2 Å². The van der Waals surface area contributed by atoms with Crippen molar-refractivity contribution in [2.24, 2.45) is 5.92 Å². The van der Waals surface area contributed by atoms with Crippen LogP contribution in [0.15, 0.2) is 30.3 Å². The highest BCUT2D eigenvalue weighted by molar-refractivity contribution is 6.81. The van der Waals surface area contributed by atoms with Crippen LogP contribution in [0.1, 0.15) is 38.3 Å². The molecule has 22 heavy (non-hydrogen) atoms. The topological polar surface area (TPSA) is 64.2 Å². The second-order valence-electron chi connectivity index (χ2n) is 6.16. The predicted molar refractivity (Wildman–Crippen MR) is 95.1 cm³/mol. The molecule has 0 bridgehead atoms. The second-order valence-corrected chi connectivity index (χ2v) is 11.7. The van der Waals surface area contributed by atoms with E-state index in [-0.39, 0.29) is 12.2 Å². The summed E-state index contributed by atoms with van der Waals surface area (Å²) < 4.78 is 0. The zero-order chi connectivity index (χ0) is 16.6. The van der Waals surface area contributed by atoms with E-state index in [0.29, 0.717) is 5.54 Å². The number of rotatable bonds is 9. The summed E-state index contributed by atoms with van der Waals surface area (Å²) in [4.78, 5) is 0. The van der Waals surface area contributed by atoms with Crippen molar-refractivity contribution in [2.75, 3.05) is 0 Å². The van der Waals surface area contributed by atoms with Gasteiger partial charge >= 0.3 is 7.12 Å². The quantitative estimate of drug-likeness (QED) is 0.681. The monoisotopic (exact) mass is 317 g/mol. The van der Waals surface area contributed by atoms with Gasteiger partial charge in [-0.25, -0.2) is 0 Å². The molecule has 0 saturated carbocycles. The summed E-state index contributed by atoms with van der Waals surface area (Å²) in [5.74, 6) is -0.304. The average Bonchev–Trinajstić information content (AvgIpc) is 2.55. The molecule has 1 aromatic rings. The molecule has 0 fully saturated rings. The highest BCUT2D eigenvalue weighted by atomic mass is 28.3. The zero-order valence-corrected chi connectivity index (χ0v) is 15.0. The fourth-order valence-corrected chi connectivity index (χ4v) is 8.32. The summed E-state index contributed by atoms with van der Waals surface area (Å²) in [5, 5.41) is 27.9. The van der Waals surface area contributed by atoms with Crippen LogP contribution in [0.4, 0.5) is 0 Å². The minimum atomic E-state index is -1.53. The van der Waals surface area contributed by atoms with Gasteiger partial charge in [0.05, 0.1) is 14.1 Å². The van der Waals surface area contributed by atoms with E-state index in [2.05, 4.69) is 51.1 Å². The minimum Gasteiger partial charge on any atom is -0.427 e. The van der Waals surface area contributed by atoms with E-state index >= 15 is 0 Å². The molecule has 0 heterocycles. The summed E-state index contributed by atoms with van der Waals surface area (Å²) in [5.41, 5.74) is 1.71. The fraction of sp³-hybridized carbons (Fsp3) is 0.588. The molecule has 2 unspecified atom stereocenters. The van der Waals surface area contributed by atoms with Crippen LogP contribution in [0.5, 0.6) is 0 Å². The van der Waals surface area contributed by atoms with Crippen LogP contribution in [-0.2, 0) is 0 Å². The number of hydrogen-bond acceptors (Lipinski definition) is 3. The lowest BCUT2D eigenvalue weighted by atomic mass is 9.77. The molecule has 0 radical (unpaired) electrons. The molecule has 3 nitrogen and oxygen atoms in total. The summed E-state index contributed by atoms with van der Waals surface area (Å²) in [7, 11) is -2.93. The first-order valence-corrected chi connectivity index (χ1v) is 11.0. The van der Waals surface area contributed by atoms with Gasteiger partial charge in [0.25, 0.3) is 0 Å². The van der Waals surface area contributed by atoms with Gasteiger partial charge in [-0.15, -0.1) is 0 Å². The summed E-state index contributed by atoms with van der Waals surface area (Å²) in [6.07, 6.45) is 0.876. The lowest BCUT2D eigenvalue weighted by Crippen LogP contribution is -2.41. The van der Waals surface area contributed by atoms with Crippen molar-refractivity contribution in [3.05, 3.63) is 35.9 Å². The van der Waals surface area contributed by atoms with Crippen LogP contribution < -0.4 is 0 Å². The normalized spacial score (nSPS) is 14.2. The number of nitrogens with zero attached hydrogens (tertiary/aromatic N) is 1. The number of benzene rings is 1. The van der Waals surface area contributed by atoms with Gasteiger partial charge in [0.2, 0.25) is 0 Å². The standard InChI is InChI=1S/C17H28BNO2Si/c1-4-22(5-2,6-3)17(16-10-8-7-9-11-16)12-15(14-19)13-18(20)21/h7-11,15,17,20-21H,4-6,12-13H2,1-3H3. The largest absolute Gasteiger partial charge is 0.452 e. The molecule has 0 aliphatic heterocycles. The molecule has 0 aliphatic carbocycles. The van der Waals surface area contributed by atoms with Crippen LogP contribution in [0.2, 0.25) is 24.5 Å². The minimum absolute atomic E-state index is 0.140. The van der Waals surface area contributed by atoms with E-state index in [9.17, 15) is 15.3 Å². The lowest BCUT2D eigenvalue weighted by Gasteiger charge is -2.38. The maximum atomic E-state index is 9.40. The van der Waals surface area contributed by atoms with Gasteiger partial charge in [0, 0.05) is 5.92 Å². The van der Waals surface area contributed by atoms with E-state index in [4.69, 9.17) is 0 Å². The highest BCUT2D eigenvalue weighted by Gasteiger charge is 2.38. The number of hydrogen-bond donors (Lipinski definition) is 2. The molecule has 120 valence electrons. The Morgan fingerprint density at radius 3 is 2.05 bits per heavy atom. The van der Waals surface area contributed by atoms with Gasteiger partial charge in [0.1, 0.15) is 0 Å². The smallest absolute Gasteiger partial charge is 0.427 e.